The van der Waals surface area contributed by atoms with Gasteiger partial charge in [-0.1, -0.05) is 13.8 Å². The van der Waals surface area contributed by atoms with E-state index in [9.17, 15) is 8.42 Å². The predicted molar refractivity (Wildman–Crippen MR) is 67.7 cm³/mol. The smallest absolute Gasteiger partial charge is 0.197 e. The van der Waals surface area contributed by atoms with E-state index in [1.165, 1.54) is 0 Å². The highest BCUT2D eigenvalue weighted by atomic mass is 32.2. The van der Waals surface area contributed by atoms with Crippen molar-refractivity contribution in [3.8, 4) is 0 Å². The van der Waals surface area contributed by atoms with Gasteiger partial charge in [0.1, 0.15) is 0 Å². The Morgan fingerprint density at radius 1 is 1.41 bits per heavy atom. The lowest BCUT2D eigenvalue weighted by Crippen LogP contribution is -2.13. The topological polar surface area (TPSA) is 62.8 Å². The number of nitrogens with zero attached hydrogens (tertiary/aromatic N) is 1. The fourth-order valence-corrected chi connectivity index (χ4v) is 3.66. The van der Waals surface area contributed by atoms with Crippen molar-refractivity contribution in [3.05, 3.63) is 24.0 Å². The molecule has 0 amide bonds. The van der Waals surface area contributed by atoms with Crippen LogP contribution in [-0.2, 0) is 9.84 Å². The number of fused-ring (bicyclic) bond motifs is 1. The Balaban J connectivity index is 2.64. The zero-order chi connectivity index (χ0) is 12.6. The zero-order valence-corrected chi connectivity index (χ0v) is 11.0. The number of pyridine rings is 1. The molecule has 0 aliphatic rings. The summed E-state index contributed by atoms with van der Waals surface area (Å²) in [6.07, 6.45) is 3.36. The minimum atomic E-state index is -3.32. The molecule has 0 bridgehead atoms. The van der Waals surface area contributed by atoms with E-state index in [1.54, 1.807) is 12.4 Å². The molecule has 17 heavy (non-hydrogen) atoms. The van der Waals surface area contributed by atoms with Crippen LogP contribution in [0.25, 0.3) is 10.9 Å². The summed E-state index contributed by atoms with van der Waals surface area (Å²) in [5.41, 5.74) is 1.65. The van der Waals surface area contributed by atoms with Crippen molar-refractivity contribution in [3.63, 3.8) is 0 Å². The monoisotopic (exact) mass is 252 g/mol. The van der Waals surface area contributed by atoms with Gasteiger partial charge in [-0.2, -0.15) is 0 Å². The summed E-state index contributed by atoms with van der Waals surface area (Å²) in [6.45, 7) is 5.72. The van der Waals surface area contributed by atoms with Crippen LogP contribution in [0.2, 0.25) is 0 Å². The lowest BCUT2D eigenvalue weighted by molar-refractivity contribution is 0.580. The van der Waals surface area contributed by atoms with E-state index in [2.05, 4.69) is 9.97 Å². The summed E-state index contributed by atoms with van der Waals surface area (Å²) >= 11 is 0. The number of aromatic nitrogens is 2. The van der Waals surface area contributed by atoms with E-state index < -0.39 is 9.84 Å². The van der Waals surface area contributed by atoms with Crippen molar-refractivity contribution >= 4 is 20.7 Å². The van der Waals surface area contributed by atoms with Gasteiger partial charge >= 0.3 is 0 Å². The summed E-state index contributed by atoms with van der Waals surface area (Å²) in [7, 11) is -3.32. The SMILES string of the molecule is Cc1c[nH]c2c(S(=O)(=O)CC(C)C)nccc12. The average Bonchev–Trinajstić information content (AvgIpc) is 2.58. The zero-order valence-electron chi connectivity index (χ0n) is 10.2. The van der Waals surface area contributed by atoms with Crippen LogP contribution >= 0.6 is 0 Å². The van der Waals surface area contributed by atoms with Gasteiger partial charge in [0, 0.05) is 17.8 Å². The Hall–Kier alpha value is -1.36. The predicted octanol–water partition coefficient (Wildman–Crippen LogP) is 2.30. The molecule has 0 atom stereocenters. The molecule has 0 aromatic carbocycles. The molecule has 0 saturated heterocycles. The van der Waals surface area contributed by atoms with Crippen LogP contribution in [0.3, 0.4) is 0 Å². The van der Waals surface area contributed by atoms with Gasteiger partial charge in [-0.05, 0) is 24.5 Å². The highest BCUT2D eigenvalue weighted by Gasteiger charge is 2.21. The Labute approximate surface area is 101 Å². The highest BCUT2D eigenvalue weighted by molar-refractivity contribution is 7.91. The van der Waals surface area contributed by atoms with Crippen molar-refractivity contribution < 1.29 is 8.42 Å². The fraction of sp³-hybridized carbons (Fsp3) is 0.417. The molecule has 4 nitrogen and oxygen atoms in total. The Morgan fingerprint density at radius 3 is 2.76 bits per heavy atom. The summed E-state index contributed by atoms with van der Waals surface area (Å²) in [4.78, 5) is 7.02. The second-order valence-corrected chi connectivity index (χ2v) is 6.64. The van der Waals surface area contributed by atoms with E-state index >= 15 is 0 Å². The molecule has 2 aromatic heterocycles. The number of aromatic amines is 1. The van der Waals surface area contributed by atoms with Crippen LogP contribution in [0.1, 0.15) is 19.4 Å². The number of sulfone groups is 1. The van der Waals surface area contributed by atoms with Crippen molar-refractivity contribution in [1.82, 2.24) is 9.97 Å². The van der Waals surface area contributed by atoms with E-state index in [0.717, 1.165) is 10.9 Å². The Morgan fingerprint density at radius 2 is 2.12 bits per heavy atom. The number of hydrogen-bond acceptors (Lipinski definition) is 3. The van der Waals surface area contributed by atoms with Crippen LogP contribution in [0.5, 0.6) is 0 Å². The van der Waals surface area contributed by atoms with Crippen molar-refractivity contribution in [2.75, 3.05) is 5.75 Å². The van der Waals surface area contributed by atoms with Crippen LogP contribution < -0.4 is 0 Å². The summed E-state index contributed by atoms with van der Waals surface area (Å²) in [6, 6.07) is 1.83. The molecule has 5 heteroatoms. The number of aryl methyl sites for hydroxylation is 1. The first-order valence-corrected chi connectivity index (χ1v) is 7.22. The van der Waals surface area contributed by atoms with Gasteiger partial charge < -0.3 is 4.98 Å². The molecule has 92 valence electrons. The molecule has 2 rings (SSSR count). The Bertz CT molecular complexity index is 642. The number of rotatable bonds is 3. The van der Waals surface area contributed by atoms with Gasteiger partial charge in [0.2, 0.25) is 0 Å². The average molecular weight is 252 g/mol. The van der Waals surface area contributed by atoms with Crippen molar-refractivity contribution in [2.24, 2.45) is 5.92 Å². The van der Waals surface area contributed by atoms with Gasteiger partial charge in [-0.15, -0.1) is 0 Å². The van der Waals surface area contributed by atoms with E-state index in [0.29, 0.717) is 5.52 Å². The van der Waals surface area contributed by atoms with Crippen molar-refractivity contribution in [1.29, 1.82) is 0 Å². The minimum absolute atomic E-state index is 0.0908. The summed E-state index contributed by atoms with van der Waals surface area (Å²) < 4.78 is 24.4. The third-order valence-corrected chi connectivity index (χ3v) is 4.63. The molecule has 0 spiro atoms. The molecule has 1 N–H and O–H groups in total. The molecular weight excluding hydrogens is 236 g/mol. The van der Waals surface area contributed by atoms with Gasteiger partial charge in [0.05, 0.1) is 11.3 Å². The molecule has 2 heterocycles. The minimum Gasteiger partial charge on any atom is -0.359 e. The molecular formula is C12H16N2O2S. The first-order chi connectivity index (χ1) is 7.92. The largest absolute Gasteiger partial charge is 0.359 e. The maximum atomic E-state index is 12.2. The van der Waals surface area contributed by atoms with E-state index in [4.69, 9.17) is 0 Å². The molecule has 0 radical (unpaired) electrons. The first-order valence-electron chi connectivity index (χ1n) is 5.57. The van der Waals surface area contributed by atoms with E-state index in [-0.39, 0.29) is 16.7 Å². The summed E-state index contributed by atoms with van der Waals surface area (Å²) in [5, 5.41) is 1.08. The second-order valence-electron chi connectivity index (χ2n) is 4.69. The van der Waals surface area contributed by atoms with E-state index in [1.807, 2.05) is 26.8 Å². The molecule has 0 aliphatic heterocycles. The van der Waals surface area contributed by atoms with Crippen LogP contribution in [0.4, 0.5) is 0 Å². The maximum Gasteiger partial charge on any atom is 0.197 e. The quantitative estimate of drug-likeness (QED) is 0.911. The molecule has 0 saturated carbocycles. The third-order valence-electron chi connectivity index (χ3n) is 2.62. The lowest BCUT2D eigenvalue weighted by Gasteiger charge is -2.07. The molecule has 0 unspecified atom stereocenters. The van der Waals surface area contributed by atoms with Crippen molar-refractivity contribution in [2.45, 2.75) is 25.8 Å². The number of H-pyrrole nitrogens is 1. The normalized spacial score (nSPS) is 12.5. The maximum absolute atomic E-state index is 12.2. The van der Waals surface area contributed by atoms with Crippen LogP contribution in [0, 0.1) is 12.8 Å². The van der Waals surface area contributed by atoms with Crippen LogP contribution in [0.15, 0.2) is 23.5 Å². The third kappa shape index (κ3) is 2.20. The van der Waals surface area contributed by atoms with Gasteiger partial charge in [0.25, 0.3) is 0 Å². The van der Waals surface area contributed by atoms with Gasteiger partial charge in [-0.25, -0.2) is 13.4 Å². The van der Waals surface area contributed by atoms with Gasteiger partial charge in [0.15, 0.2) is 14.9 Å². The highest BCUT2D eigenvalue weighted by Crippen LogP contribution is 2.24. The standard InChI is InChI=1S/C12H16N2O2S/c1-8(2)7-17(15,16)12-11-10(4-5-13-12)9(3)6-14-11/h4-6,8,14H,7H2,1-3H3. The van der Waals surface area contributed by atoms with Crippen LogP contribution in [-0.4, -0.2) is 24.1 Å². The number of nitrogens with one attached hydrogen (secondary N) is 1. The summed E-state index contributed by atoms with van der Waals surface area (Å²) in [5.74, 6) is 0.213. The first kappa shape index (κ1) is 12.1. The lowest BCUT2D eigenvalue weighted by atomic mass is 10.2. The Kier molecular flexibility index (Phi) is 2.95. The molecule has 2 aromatic rings. The van der Waals surface area contributed by atoms with Gasteiger partial charge in [-0.3, -0.25) is 0 Å². The fourth-order valence-electron chi connectivity index (χ4n) is 1.92. The second kappa shape index (κ2) is 4.14. The molecule has 0 fully saturated rings. The molecule has 0 aliphatic carbocycles. The number of hydrogen-bond donors (Lipinski definition) is 1.